The molecule has 0 radical (unpaired) electrons. The summed E-state index contributed by atoms with van der Waals surface area (Å²) in [6.07, 6.45) is 4.11. The highest BCUT2D eigenvalue weighted by Crippen LogP contribution is 2.18. The van der Waals surface area contributed by atoms with Crippen LogP contribution < -0.4 is 5.32 Å². The number of amides is 1. The number of fused-ring (bicyclic) bond motifs is 1. The largest absolute Gasteiger partial charge is 0.480 e. The zero-order chi connectivity index (χ0) is 20.0. The van der Waals surface area contributed by atoms with Crippen LogP contribution >= 0.6 is 0 Å². The summed E-state index contributed by atoms with van der Waals surface area (Å²) in [6.45, 7) is 3.79. The summed E-state index contributed by atoms with van der Waals surface area (Å²) in [6, 6.07) is 5.29. The fraction of sp³-hybridized carbons (Fsp3) is 0.474. The van der Waals surface area contributed by atoms with Crippen molar-refractivity contribution >= 4 is 32.6 Å². The summed E-state index contributed by atoms with van der Waals surface area (Å²) in [4.78, 5) is 27.0. The third-order valence-electron chi connectivity index (χ3n) is 4.55. The van der Waals surface area contributed by atoms with Gasteiger partial charge >= 0.3 is 5.97 Å². The van der Waals surface area contributed by atoms with Gasteiger partial charge in [-0.3, -0.25) is 4.79 Å². The third-order valence-corrected chi connectivity index (χ3v) is 6.83. The molecule has 0 saturated carbocycles. The van der Waals surface area contributed by atoms with E-state index in [9.17, 15) is 23.1 Å². The first-order chi connectivity index (χ1) is 12.8. The van der Waals surface area contributed by atoms with Crippen molar-refractivity contribution < 1.29 is 23.1 Å². The highest BCUT2D eigenvalue weighted by molar-refractivity contribution is 7.92. The Hall–Kier alpha value is -2.35. The molecule has 0 bridgehead atoms. The van der Waals surface area contributed by atoms with Crippen molar-refractivity contribution in [3.8, 4) is 0 Å². The maximum Gasteiger partial charge on any atom is 0.327 e. The van der Waals surface area contributed by atoms with E-state index in [0.717, 1.165) is 10.9 Å². The van der Waals surface area contributed by atoms with Crippen molar-refractivity contribution in [2.75, 3.05) is 5.75 Å². The lowest BCUT2D eigenvalue weighted by atomic mass is 10.1. The van der Waals surface area contributed by atoms with Crippen molar-refractivity contribution in [1.82, 2.24) is 10.3 Å². The van der Waals surface area contributed by atoms with Crippen LogP contribution in [0.4, 0.5) is 0 Å². The minimum atomic E-state index is -3.65. The number of carboxylic acid groups (broad SMARTS) is 1. The van der Waals surface area contributed by atoms with Crippen LogP contribution in [-0.4, -0.2) is 47.4 Å². The van der Waals surface area contributed by atoms with Crippen LogP contribution in [0.2, 0.25) is 0 Å². The SMILES string of the molecule is CCCC(CCC)S(=O)(=O)C[C@H](NC(=O)c1ccc2cc[nH]c2c1)C(=O)O. The standard InChI is InChI=1S/C19H26N2O5S/c1-3-5-15(6-4-2)27(25,26)12-17(19(23)24)21-18(22)14-8-7-13-9-10-20-16(13)11-14/h7-11,15,17,20H,3-6,12H2,1-2H3,(H,21,22)(H,23,24)/t17-/m0/s1. The number of benzene rings is 1. The number of aliphatic carboxylic acids is 1. The molecule has 1 heterocycles. The van der Waals surface area contributed by atoms with Gasteiger partial charge in [-0.15, -0.1) is 0 Å². The Morgan fingerprint density at radius 2 is 1.81 bits per heavy atom. The van der Waals surface area contributed by atoms with Crippen LogP contribution in [0, 0.1) is 0 Å². The number of aromatic nitrogens is 1. The Morgan fingerprint density at radius 1 is 1.15 bits per heavy atom. The highest BCUT2D eigenvalue weighted by atomic mass is 32.2. The van der Waals surface area contributed by atoms with Gasteiger partial charge in [0.15, 0.2) is 9.84 Å². The number of rotatable bonds is 10. The molecular weight excluding hydrogens is 368 g/mol. The first-order valence-electron chi connectivity index (χ1n) is 9.10. The van der Waals surface area contributed by atoms with E-state index in [2.05, 4.69) is 10.3 Å². The van der Waals surface area contributed by atoms with E-state index in [1.54, 1.807) is 24.4 Å². The van der Waals surface area contributed by atoms with Gasteiger partial charge in [0.25, 0.3) is 5.91 Å². The number of hydrogen-bond acceptors (Lipinski definition) is 4. The maximum atomic E-state index is 12.7. The summed E-state index contributed by atoms with van der Waals surface area (Å²) >= 11 is 0. The Bertz CT molecular complexity index is 898. The monoisotopic (exact) mass is 394 g/mol. The van der Waals surface area contributed by atoms with E-state index in [4.69, 9.17) is 0 Å². The quantitative estimate of drug-likeness (QED) is 0.573. The van der Waals surface area contributed by atoms with Crippen LogP contribution in [0.25, 0.3) is 10.9 Å². The molecule has 7 nitrogen and oxygen atoms in total. The lowest BCUT2D eigenvalue weighted by Crippen LogP contribution is -2.47. The number of carbonyl (C=O) groups excluding carboxylic acids is 1. The first-order valence-corrected chi connectivity index (χ1v) is 10.8. The van der Waals surface area contributed by atoms with Crippen LogP contribution in [0.3, 0.4) is 0 Å². The molecular formula is C19H26N2O5S. The molecule has 0 aliphatic heterocycles. The van der Waals surface area contributed by atoms with Gasteiger partial charge in [0, 0.05) is 17.3 Å². The van der Waals surface area contributed by atoms with Gasteiger partial charge in [-0.05, 0) is 36.4 Å². The second kappa shape index (κ2) is 9.03. The summed E-state index contributed by atoms with van der Waals surface area (Å²) in [5.41, 5.74) is 1.01. The average molecular weight is 394 g/mol. The number of aromatic amines is 1. The molecule has 1 atom stereocenters. The van der Waals surface area contributed by atoms with Gasteiger partial charge in [0.1, 0.15) is 6.04 Å². The highest BCUT2D eigenvalue weighted by Gasteiger charge is 2.32. The summed E-state index contributed by atoms with van der Waals surface area (Å²) in [5.74, 6) is -2.58. The van der Waals surface area contributed by atoms with Crippen LogP contribution in [0.1, 0.15) is 49.9 Å². The minimum Gasteiger partial charge on any atom is -0.480 e. The van der Waals surface area contributed by atoms with Gasteiger partial charge in [0.2, 0.25) is 0 Å². The zero-order valence-corrected chi connectivity index (χ0v) is 16.4. The fourth-order valence-corrected chi connectivity index (χ4v) is 5.27. The number of nitrogens with one attached hydrogen (secondary N) is 2. The topological polar surface area (TPSA) is 116 Å². The predicted molar refractivity (Wildman–Crippen MR) is 105 cm³/mol. The summed E-state index contributed by atoms with van der Waals surface area (Å²) in [7, 11) is -3.65. The van der Waals surface area contributed by atoms with Gasteiger partial charge in [-0.25, -0.2) is 13.2 Å². The summed E-state index contributed by atoms with van der Waals surface area (Å²) < 4.78 is 25.3. The Labute approximate surface area is 159 Å². The molecule has 3 N–H and O–H groups in total. The van der Waals surface area contributed by atoms with E-state index in [1.165, 1.54) is 0 Å². The Kier molecular flexibility index (Phi) is 7.01. The van der Waals surface area contributed by atoms with Crippen molar-refractivity contribution in [3.63, 3.8) is 0 Å². The van der Waals surface area contributed by atoms with Crippen molar-refractivity contribution in [2.45, 2.75) is 50.8 Å². The molecule has 0 aliphatic carbocycles. The molecule has 0 fully saturated rings. The molecule has 27 heavy (non-hydrogen) atoms. The van der Waals surface area contributed by atoms with E-state index >= 15 is 0 Å². The molecule has 148 valence electrons. The van der Waals surface area contributed by atoms with Crippen molar-refractivity contribution in [2.24, 2.45) is 0 Å². The maximum absolute atomic E-state index is 12.7. The van der Waals surface area contributed by atoms with Crippen LogP contribution in [0.5, 0.6) is 0 Å². The van der Waals surface area contributed by atoms with Gasteiger partial charge in [-0.2, -0.15) is 0 Å². The molecule has 1 amide bonds. The lowest BCUT2D eigenvalue weighted by Gasteiger charge is -2.20. The Morgan fingerprint density at radius 3 is 2.41 bits per heavy atom. The van der Waals surface area contributed by atoms with Crippen molar-refractivity contribution in [1.29, 1.82) is 0 Å². The van der Waals surface area contributed by atoms with Crippen LogP contribution in [-0.2, 0) is 14.6 Å². The number of sulfone groups is 1. The summed E-state index contributed by atoms with van der Waals surface area (Å²) in [5, 5.41) is 12.1. The zero-order valence-electron chi connectivity index (χ0n) is 15.6. The number of hydrogen-bond donors (Lipinski definition) is 3. The van der Waals surface area contributed by atoms with Gasteiger partial charge in [0.05, 0.1) is 11.0 Å². The molecule has 0 spiro atoms. The second-order valence-corrected chi connectivity index (χ2v) is 9.00. The molecule has 2 aromatic rings. The normalized spacial score (nSPS) is 13.0. The number of carbonyl (C=O) groups is 2. The van der Waals surface area contributed by atoms with E-state index in [1.807, 2.05) is 19.9 Å². The first kappa shape index (κ1) is 21.0. The third kappa shape index (κ3) is 5.32. The molecule has 0 saturated heterocycles. The molecule has 2 rings (SSSR count). The molecule has 0 aliphatic rings. The van der Waals surface area contributed by atoms with E-state index < -0.39 is 38.8 Å². The number of H-pyrrole nitrogens is 1. The minimum absolute atomic E-state index is 0.271. The average Bonchev–Trinajstić information content (AvgIpc) is 3.08. The second-order valence-electron chi connectivity index (χ2n) is 6.67. The fourth-order valence-electron chi connectivity index (χ4n) is 3.12. The van der Waals surface area contributed by atoms with E-state index in [0.29, 0.717) is 25.7 Å². The van der Waals surface area contributed by atoms with E-state index in [-0.39, 0.29) is 5.56 Å². The molecule has 1 aromatic carbocycles. The molecule has 8 heteroatoms. The lowest BCUT2D eigenvalue weighted by molar-refractivity contribution is -0.138. The van der Waals surface area contributed by atoms with Crippen molar-refractivity contribution in [3.05, 3.63) is 36.0 Å². The smallest absolute Gasteiger partial charge is 0.327 e. The molecule has 0 unspecified atom stereocenters. The van der Waals surface area contributed by atoms with Crippen LogP contribution in [0.15, 0.2) is 30.5 Å². The van der Waals surface area contributed by atoms with Gasteiger partial charge in [-0.1, -0.05) is 32.8 Å². The molecule has 1 aromatic heterocycles. The number of carboxylic acids is 1. The van der Waals surface area contributed by atoms with Gasteiger partial charge < -0.3 is 15.4 Å². The predicted octanol–water partition coefficient (Wildman–Crippen LogP) is 2.73. The Balaban J connectivity index is 2.16.